The predicted octanol–water partition coefficient (Wildman–Crippen LogP) is 1.48. The van der Waals surface area contributed by atoms with Crippen molar-refractivity contribution in [2.24, 2.45) is 5.14 Å². The van der Waals surface area contributed by atoms with Crippen molar-refractivity contribution in [1.82, 2.24) is 4.42 Å². The van der Waals surface area contributed by atoms with Crippen LogP contribution in [-0.4, -0.2) is 33.0 Å². The molecule has 1 aliphatic rings. The maximum Gasteiger partial charge on any atom is 0.247 e. The van der Waals surface area contributed by atoms with Gasteiger partial charge in [0, 0.05) is 12.1 Å². The predicted molar refractivity (Wildman–Crippen MR) is 77.9 cm³/mol. The average Bonchev–Trinajstić information content (AvgIpc) is 2.79. The van der Waals surface area contributed by atoms with E-state index in [1.54, 1.807) is 6.92 Å². The second kappa shape index (κ2) is 5.22. The lowest BCUT2D eigenvalue weighted by molar-refractivity contribution is 0.329. The maximum absolute atomic E-state index is 12.3. The first kappa shape index (κ1) is 16.2. The van der Waals surface area contributed by atoms with Crippen molar-refractivity contribution in [3.05, 3.63) is 11.6 Å². The summed E-state index contributed by atoms with van der Waals surface area (Å²) in [5, 5.41) is 4.48. The van der Waals surface area contributed by atoms with E-state index in [0.717, 1.165) is 0 Å². The van der Waals surface area contributed by atoms with E-state index < -0.39 is 25.1 Å². The van der Waals surface area contributed by atoms with Gasteiger partial charge in [-0.15, -0.1) is 11.3 Å². The number of sulfone groups is 1. The molecule has 10 heteroatoms. The summed E-state index contributed by atoms with van der Waals surface area (Å²) >= 11 is 6.81. The molecule has 0 amide bonds. The monoisotopic (exact) mass is 358 g/mol. The summed E-state index contributed by atoms with van der Waals surface area (Å²) in [6.45, 7) is 3.95. The number of hydrogen-bond donors (Lipinski definition) is 1. The fraction of sp³-hybridized carbons (Fsp3) is 0.600. The van der Waals surface area contributed by atoms with Crippen LogP contribution in [-0.2, 0) is 19.9 Å². The minimum atomic E-state index is -3.93. The lowest BCUT2D eigenvalue weighted by Crippen LogP contribution is -2.32. The molecule has 0 unspecified atom stereocenters. The number of halogens is 1. The molecule has 0 aromatic carbocycles. The molecule has 0 bridgehead atoms. The van der Waals surface area contributed by atoms with Gasteiger partial charge in [-0.1, -0.05) is 6.92 Å². The topological polar surface area (TPSA) is 97.5 Å². The van der Waals surface area contributed by atoms with Gasteiger partial charge in [-0.05, 0) is 31.2 Å². The van der Waals surface area contributed by atoms with Crippen LogP contribution in [0, 0.1) is 0 Å². The van der Waals surface area contributed by atoms with Crippen molar-refractivity contribution in [2.75, 3.05) is 6.54 Å². The first-order valence-corrected chi connectivity index (χ1v) is 10.2. The molecule has 2 rings (SSSR count). The van der Waals surface area contributed by atoms with Gasteiger partial charge in [0.05, 0.1) is 11.3 Å². The molecule has 0 radical (unpaired) electrons. The van der Waals surface area contributed by atoms with E-state index in [9.17, 15) is 16.8 Å². The van der Waals surface area contributed by atoms with Crippen LogP contribution in [0.2, 0.25) is 0 Å². The first-order valence-electron chi connectivity index (χ1n) is 5.92. The minimum absolute atomic E-state index is 0.0596. The SMILES string of the molecule is CCN(Cl)[C@H]1C[C@H](C)S(=O)(=O)c2sc(S(N)(=O)=O)cc21. The Labute approximate surface area is 127 Å². The molecule has 0 saturated heterocycles. The molecule has 0 saturated carbocycles. The molecule has 114 valence electrons. The highest BCUT2D eigenvalue weighted by atomic mass is 35.5. The summed E-state index contributed by atoms with van der Waals surface area (Å²) in [7, 11) is -7.45. The van der Waals surface area contributed by atoms with Crippen molar-refractivity contribution < 1.29 is 16.8 Å². The highest BCUT2D eigenvalue weighted by Crippen LogP contribution is 2.45. The van der Waals surface area contributed by atoms with Gasteiger partial charge in [0.1, 0.15) is 8.42 Å². The van der Waals surface area contributed by atoms with Gasteiger partial charge < -0.3 is 0 Å². The molecule has 1 aromatic rings. The maximum atomic E-state index is 12.3. The Kier molecular flexibility index (Phi) is 4.22. The Morgan fingerprint density at radius 3 is 2.65 bits per heavy atom. The lowest BCUT2D eigenvalue weighted by Gasteiger charge is -2.31. The molecule has 2 atom stereocenters. The number of nitrogens with zero attached hydrogens (tertiary/aromatic N) is 1. The van der Waals surface area contributed by atoms with E-state index >= 15 is 0 Å². The van der Waals surface area contributed by atoms with E-state index in [1.165, 1.54) is 10.5 Å². The molecular formula is C10H15ClN2O4S3. The van der Waals surface area contributed by atoms with Crippen LogP contribution in [0.5, 0.6) is 0 Å². The fourth-order valence-electron chi connectivity index (χ4n) is 2.20. The van der Waals surface area contributed by atoms with E-state index in [-0.39, 0.29) is 14.5 Å². The van der Waals surface area contributed by atoms with Gasteiger partial charge in [0.25, 0.3) is 0 Å². The minimum Gasteiger partial charge on any atom is -0.224 e. The fourth-order valence-corrected chi connectivity index (χ4v) is 6.78. The van der Waals surface area contributed by atoms with Gasteiger partial charge in [0.2, 0.25) is 10.0 Å². The zero-order valence-electron chi connectivity index (χ0n) is 10.9. The van der Waals surface area contributed by atoms with Gasteiger partial charge in [-0.2, -0.15) is 0 Å². The highest BCUT2D eigenvalue weighted by molar-refractivity contribution is 7.95. The Balaban J connectivity index is 2.68. The number of fused-ring (bicyclic) bond motifs is 1. The summed E-state index contributed by atoms with van der Waals surface area (Å²) in [6, 6.07) is 0.996. The third-order valence-corrected chi connectivity index (χ3v) is 9.12. The molecule has 20 heavy (non-hydrogen) atoms. The quantitative estimate of drug-likeness (QED) is 0.825. The summed E-state index contributed by atoms with van der Waals surface area (Å²) in [6.07, 6.45) is 0.327. The second-order valence-corrected chi connectivity index (χ2v) is 10.5. The van der Waals surface area contributed by atoms with Crippen LogP contribution in [0.25, 0.3) is 0 Å². The van der Waals surface area contributed by atoms with Crippen LogP contribution in [0.15, 0.2) is 14.5 Å². The van der Waals surface area contributed by atoms with Crippen molar-refractivity contribution in [2.45, 2.75) is 40.0 Å². The van der Waals surface area contributed by atoms with Crippen LogP contribution < -0.4 is 5.14 Å². The van der Waals surface area contributed by atoms with Crippen LogP contribution >= 0.6 is 23.1 Å². The number of nitrogens with two attached hydrogens (primary N) is 1. The molecule has 2 heterocycles. The number of thiophene rings is 1. The number of primary sulfonamides is 1. The number of rotatable bonds is 3. The molecule has 1 aliphatic heterocycles. The average molecular weight is 359 g/mol. The molecule has 1 aromatic heterocycles. The van der Waals surface area contributed by atoms with E-state index in [0.29, 0.717) is 29.9 Å². The normalized spacial score (nSPS) is 25.6. The third-order valence-electron chi connectivity index (χ3n) is 3.33. The van der Waals surface area contributed by atoms with E-state index in [2.05, 4.69) is 0 Å². The zero-order valence-corrected chi connectivity index (χ0v) is 14.1. The molecule has 0 aliphatic carbocycles. The Hall–Kier alpha value is -0.190. The zero-order chi connectivity index (χ0) is 15.3. The van der Waals surface area contributed by atoms with Crippen molar-refractivity contribution in [3.8, 4) is 0 Å². The van der Waals surface area contributed by atoms with Gasteiger partial charge in [-0.25, -0.2) is 26.4 Å². The first-order chi connectivity index (χ1) is 9.09. The lowest BCUT2D eigenvalue weighted by atomic mass is 10.1. The smallest absolute Gasteiger partial charge is 0.224 e. The largest absolute Gasteiger partial charge is 0.247 e. The van der Waals surface area contributed by atoms with Crippen LogP contribution in [0.4, 0.5) is 0 Å². The van der Waals surface area contributed by atoms with Crippen LogP contribution in [0.1, 0.15) is 31.9 Å². The van der Waals surface area contributed by atoms with Gasteiger partial charge >= 0.3 is 0 Å². The standard InChI is InChI=1S/C10H15ClN2O4S3/c1-3-13(11)8-4-6(2)19(14,15)10-7(8)5-9(18-10)20(12,16)17/h5-6,8H,3-4H2,1-2H3,(H2,12,16,17)/t6-,8-/m0/s1. The summed E-state index contributed by atoms with van der Waals surface area (Å²) < 4.78 is 48.9. The van der Waals surface area contributed by atoms with E-state index in [1.807, 2.05) is 6.92 Å². The summed E-state index contributed by atoms with van der Waals surface area (Å²) in [5.41, 5.74) is 0.425. The summed E-state index contributed by atoms with van der Waals surface area (Å²) in [4.78, 5) is 0. The molecule has 0 fully saturated rings. The Bertz CT molecular complexity index is 726. The Morgan fingerprint density at radius 2 is 2.15 bits per heavy atom. The Morgan fingerprint density at radius 1 is 1.55 bits per heavy atom. The van der Waals surface area contributed by atoms with Crippen molar-refractivity contribution in [3.63, 3.8) is 0 Å². The highest BCUT2D eigenvalue weighted by Gasteiger charge is 2.41. The van der Waals surface area contributed by atoms with Gasteiger partial charge in [0.15, 0.2) is 9.84 Å². The van der Waals surface area contributed by atoms with E-state index in [4.69, 9.17) is 16.9 Å². The summed E-state index contributed by atoms with van der Waals surface area (Å²) in [5.74, 6) is 0. The number of sulfonamides is 1. The number of hydrogen-bond acceptors (Lipinski definition) is 6. The molecule has 6 nitrogen and oxygen atoms in total. The second-order valence-electron chi connectivity index (χ2n) is 4.68. The molecule has 0 spiro atoms. The third kappa shape index (κ3) is 2.62. The van der Waals surface area contributed by atoms with Crippen LogP contribution in [0.3, 0.4) is 0 Å². The van der Waals surface area contributed by atoms with Crippen molar-refractivity contribution in [1.29, 1.82) is 0 Å². The molecule has 2 N–H and O–H groups in total. The van der Waals surface area contributed by atoms with Crippen molar-refractivity contribution >= 4 is 43.0 Å². The van der Waals surface area contributed by atoms with Gasteiger partial charge in [-0.3, -0.25) is 0 Å². The molecular weight excluding hydrogens is 344 g/mol.